The molecule has 0 aliphatic heterocycles. The van der Waals surface area contributed by atoms with Gasteiger partial charge in [0.15, 0.2) is 5.16 Å². The van der Waals surface area contributed by atoms with Gasteiger partial charge in [-0.05, 0) is 32.9 Å². The predicted molar refractivity (Wildman–Crippen MR) is 97.7 cm³/mol. The van der Waals surface area contributed by atoms with Gasteiger partial charge in [0.25, 0.3) is 5.56 Å². The van der Waals surface area contributed by atoms with Crippen molar-refractivity contribution in [2.75, 3.05) is 6.26 Å². The normalized spacial score (nSPS) is 12.2. The highest BCUT2D eigenvalue weighted by molar-refractivity contribution is 7.98. The molecule has 8 heteroatoms. The molecule has 1 atom stereocenters. The zero-order chi connectivity index (χ0) is 17.7. The van der Waals surface area contributed by atoms with Gasteiger partial charge in [-0.3, -0.25) is 9.59 Å². The second-order valence-electron chi connectivity index (χ2n) is 5.45. The first-order valence-electron chi connectivity index (χ1n) is 7.82. The summed E-state index contributed by atoms with van der Waals surface area (Å²) in [4.78, 5) is 35.7. The average Bonchev–Trinajstić information content (AvgIpc) is 3.03. The Bertz CT molecular complexity index is 770. The van der Waals surface area contributed by atoms with Crippen LogP contribution in [0.3, 0.4) is 0 Å². The molecular formula is C16H22N4O2S2. The maximum atomic E-state index is 12.1. The summed E-state index contributed by atoms with van der Waals surface area (Å²) < 4.78 is 0. The van der Waals surface area contributed by atoms with Crippen molar-refractivity contribution in [3.05, 3.63) is 37.7 Å². The molecule has 0 saturated carbocycles. The van der Waals surface area contributed by atoms with Crippen LogP contribution in [0.4, 0.5) is 0 Å². The molecule has 0 fully saturated rings. The molecule has 2 heterocycles. The number of aromatic nitrogens is 3. The highest BCUT2D eigenvalue weighted by atomic mass is 32.2. The van der Waals surface area contributed by atoms with E-state index in [1.807, 2.05) is 18.6 Å². The zero-order valence-electron chi connectivity index (χ0n) is 14.3. The Morgan fingerprint density at radius 3 is 2.79 bits per heavy atom. The number of aromatic amines is 1. The summed E-state index contributed by atoms with van der Waals surface area (Å²) in [6, 6.07) is -0.134. The molecule has 2 N–H and O–H groups in total. The van der Waals surface area contributed by atoms with Crippen LogP contribution in [0.2, 0.25) is 0 Å². The van der Waals surface area contributed by atoms with Crippen LogP contribution in [-0.2, 0) is 17.6 Å². The number of hydrogen-bond donors (Lipinski definition) is 2. The van der Waals surface area contributed by atoms with Crippen LogP contribution in [0.25, 0.3) is 0 Å². The Morgan fingerprint density at radius 1 is 1.46 bits per heavy atom. The highest BCUT2D eigenvalue weighted by Crippen LogP contribution is 2.17. The molecule has 2 aromatic heterocycles. The minimum absolute atomic E-state index is 0.0960. The SMILES string of the molecule is CCc1nc(C(C)NC(=O)CCc2c(C)nc(SC)[nH]c2=O)cs1. The fraction of sp³-hybridized carbons (Fsp3) is 0.500. The minimum atomic E-state index is -0.167. The van der Waals surface area contributed by atoms with Gasteiger partial charge in [-0.25, -0.2) is 9.97 Å². The van der Waals surface area contributed by atoms with Crippen molar-refractivity contribution < 1.29 is 4.79 Å². The van der Waals surface area contributed by atoms with E-state index in [0.29, 0.717) is 22.8 Å². The van der Waals surface area contributed by atoms with Gasteiger partial charge in [0, 0.05) is 23.1 Å². The first kappa shape index (κ1) is 18.7. The number of H-pyrrole nitrogens is 1. The number of aryl methyl sites for hydroxylation is 2. The zero-order valence-corrected chi connectivity index (χ0v) is 15.9. The molecule has 0 spiro atoms. The van der Waals surface area contributed by atoms with Crippen LogP contribution < -0.4 is 10.9 Å². The number of carbonyl (C=O) groups is 1. The van der Waals surface area contributed by atoms with E-state index in [-0.39, 0.29) is 23.9 Å². The van der Waals surface area contributed by atoms with E-state index in [2.05, 4.69) is 27.2 Å². The minimum Gasteiger partial charge on any atom is -0.348 e. The third kappa shape index (κ3) is 4.67. The quantitative estimate of drug-likeness (QED) is 0.581. The van der Waals surface area contributed by atoms with E-state index in [9.17, 15) is 9.59 Å². The van der Waals surface area contributed by atoms with Gasteiger partial charge in [0.05, 0.1) is 16.7 Å². The van der Waals surface area contributed by atoms with Crippen LogP contribution >= 0.6 is 23.1 Å². The smallest absolute Gasteiger partial charge is 0.254 e. The first-order chi connectivity index (χ1) is 11.4. The molecule has 1 amide bonds. The topological polar surface area (TPSA) is 87.7 Å². The Hall–Kier alpha value is -1.67. The fourth-order valence-electron chi connectivity index (χ4n) is 2.29. The van der Waals surface area contributed by atoms with E-state index in [1.54, 1.807) is 18.3 Å². The van der Waals surface area contributed by atoms with Crippen LogP contribution in [-0.4, -0.2) is 27.1 Å². The van der Waals surface area contributed by atoms with E-state index >= 15 is 0 Å². The molecule has 0 bridgehead atoms. The first-order valence-corrected chi connectivity index (χ1v) is 9.92. The van der Waals surface area contributed by atoms with Gasteiger partial charge < -0.3 is 10.3 Å². The van der Waals surface area contributed by atoms with E-state index < -0.39 is 0 Å². The van der Waals surface area contributed by atoms with Crippen molar-refractivity contribution in [1.29, 1.82) is 0 Å². The Kier molecular flexibility index (Phi) is 6.56. The van der Waals surface area contributed by atoms with Gasteiger partial charge >= 0.3 is 0 Å². The summed E-state index contributed by atoms with van der Waals surface area (Å²) in [6.07, 6.45) is 3.37. The highest BCUT2D eigenvalue weighted by Gasteiger charge is 2.14. The molecule has 130 valence electrons. The lowest BCUT2D eigenvalue weighted by Crippen LogP contribution is -2.28. The molecule has 2 aromatic rings. The van der Waals surface area contributed by atoms with E-state index in [1.165, 1.54) is 11.8 Å². The summed E-state index contributed by atoms with van der Waals surface area (Å²) in [5.41, 5.74) is 1.96. The van der Waals surface area contributed by atoms with Crippen molar-refractivity contribution in [1.82, 2.24) is 20.3 Å². The molecule has 2 rings (SSSR count). The fourth-order valence-corrected chi connectivity index (χ4v) is 3.55. The number of nitrogens with zero attached hydrogens (tertiary/aromatic N) is 2. The number of hydrogen-bond acceptors (Lipinski definition) is 6. The monoisotopic (exact) mass is 366 g/mol. The number of thioether (sulfide) groups is 1. The van der Waals surface area contributed by atoms with Crippen LogP contribution in [0, 0.1) is 6.92 Å². The predicted octanol–water partition coefficient (Wildman–Crippen LogP) is 2.63. The molecule has 6 nitrogen and oxygen atoms in total. The summed E-state index contributed by atoms with van der Waals surface area (Å²) in [5.74, 6) is -0.0960. The number of thiazole rings is 1. The van der Waals surface area contributed by atoms with Crippen molar-refractivity contribution in [2.45, 2.75) is 51.2 Å². The lowest BCUT2D eigenvalue weighted by Gasteiger charge is -2.12. The lowest BCUT2D eigenvalue weighted by molar-refractivity contribution is -0.121. The molecule has 0 radical (unpaired) electrons. The molecule has 1 unspecified atom stereocenters. The van der Waals surface area contributed by atoms with Gasteiger partial charge in [0.2, 0.25) is 5.91 Å². The maximum Gasteiger partial charge on any atom is 0.254 e. The number of amides is 1. The second kappa shape index (κ2) is 8.43. The van der Waals surface area contributed by atoms with Gasteiger partial charge in [-0.15, -0.1) is 11.3 Å². The van der Waals surface area contributed by atoms with Crippen molar-refractivity contribution in [3.8, 4) is 0 Å². The van der Waals surface area contributed by atoms with Gasteiger partial charge in [-0.1, -0.05) is 18.7 Å². The van der Waals surface area contributed by atoms with Crippen LogP contribution in [0.5, 0.6) is 0 Å². The van der Waals surface area contributed by atoms with Crippen molar-refractivity contribution in [3.63, 3.8) is 0 Å². The van der Waals surface area contributed by atoms with E-state index in [0.717, 1.165) is 17.1 Å². The third-order valence-electron chi connectivity index (χ3n) is 3.69. The second-order valence-corrected chi connectivity index (χ2v) is 7.19. The van der Waals surface area contributed by atoms with E-state index in [4.69, 9.17) is 0 Å². The molecule has 0 aliphatic rings. The van der Waals surface area contributed by atoms with Crippen LogP contribution in [0.15, 0.2) is 15.3 Å². The molecular weight excluding hydrogens is 344 g/mol. The van der Waals surface area contributed by atoms with Gasteiger partial charge in [0.1, 0.15) is 0 Å². The summed E-state index contributed by atoms with van der Waals surface area (Å²) in [7, 11) is 0. The summed E-state index contributed by atoms with van der Waals surface area (Å²) in [6.45, 7) is 5.77. The Labute approximate surface area is 149 Å². The number of rotatable bonds is 7. The molecule has 0 saturated heterocycles. The van der Waals surface area contributed by atoms with Crippen molar-refractivity contribution >= 4 is 29.0 Å². The summed E-state index contributed by atoms with van der Waals surface area (Å²) >= 11 is 2.99. The standard InChI is InChI=1S/C16H22N4O2S2/c1-5-14-19-12(8-24-14)10(3)17-13(21)7-6-11-9(2)18-16(23-4)20-15(11)22/h8,10H,5-7H2,1-4H3,(H,17,21)(H,18,20,22). The van der Waals surface area contributed by atoms with Crippen LogP contribution in [0.1, 0.15) is 48.3 Å². The average molecular weight is 367 g/mol. The lowest BCUT2D eigenvalue weighted by atomic mass is 10.1. The number of nitrogens with one attached hydrogen (secondary N) is 2. The Morgan fingerprint density at radius 2 is 2.21 bits per heavy atom. The Balaban J connectivity index is 1.95. The largest absolute Gasteiger partial charge is 0.348 e. The molecule has 24 heavy (non-hydrogen) atoms. The molecule has 0 aromatic carbocycles. The van der Waals surface area contributed by atoms with Crippen molar-refractivity contribution in [2.24, 2.45) is 0 Å². The number of carbonyl (C=O) groups excluding carboxylic acids is 1. The van der Waals surface area contributed by atoms with Gasteiger partial charge in [-0.2, -0.15) is 0 Å². The third-order valence-corrected chi connectivity index (χ3v) is 5.28. The molecule has 0 aliphatic carbocycles. The maximum absolute atomic E-state index is 12.1. The summed E-state index contributed by atoms with van der Waals surface area (Å²) in [5, 5.41) is 6.57.